The van der Waals surface area contributed by atoms with Gasteiger partial charge in [0, 0.05) is 25.7 Å². The fourth-order valence-electron chi connectivity index (χ4n) is 2.28. The summed E-state index contributed by atoms with van der Waals surface area (Å²) in [4.78, 5) is 2.32. The molecule has 1 saturated heterocycles. The lowest BCUT2D eigenvalue weighted by molar-refractivity contribution is 0.173. The van der Waals surface area contributed by atoms with Gasteiger partial charge in [0.15, 0.2) is 0 Å². The van der Waals surface area contributed by atoms with Crippen LogP contribution in [0.4, 0.5) is 0 Å². The molecule has 2 rings (SSSR count). The second kappa shape index (κ2) is 5.43. The molecule has 2 atom stereocenters. The summed E-state index contributed by atoms with van der Waals surface area (Å²) in [6.07, 6.45) is 0.777. The van der Waals surface area contributed by atoms with Crippen molar-refractivity contribution in [3.8, 4) is 0 Å². The second-order valence-electron chi connectivity index (χ2n) is 4.45. The van der Waals surface area contributed by atoms with Crippen molar-refractivity contribution in [1.29, 1.82) is 0 Å². The van der Waals surface area contributed by atoms with Crippen molar-refractivity contribution in [2.75, 3.05) is 26.7 Å². The third-order valence-corrected chi connectivity index (χ3v) is 3.24. The number of hydrogen-bond acceptors (Lipinski definition) is 3. The number of nitrogens with one attached hydrogen (secondary N) is 1. The van der Waals surface area contributed by atoms with Crippen LogP contribution in [0.1, 0.15) is 18.0 Å². The molecule has 1 aromatic rings. The van der Waals surface area contributed by atoms with Crippen LogP contribution in [0.3, 0.4) is 0 Å². The van der Waals surface area contributed by atoms with Gasteiger partial charge < -0.3 is 10.4 Å². The zero-order chi connectivity index (χ0) is 11.4. The van der Waals surface area contributed by atoms with Gasteiger partial charge in [-0.25, -0.2) is 0 Å². The van der Waals surface area contributed by atoms with Crippen molar-refractivity contribution in [3.63, 3.8) is 0 Å². The van der Waals surface area contributed by atoms with E-state index in [1.54, 1.807) is 0 Å². The molecule has 1 fully saturated rings. The van der Waals surface area contributed by atoms with Gasteiger partial charge in [-0.1, -0.05) is 30.3 Å². The maximum atomic E-state index is 9.49. The largest absolute Gasteiger partial charge is 0.392 e. The van der Waals surface area contributed by atoms with Gasteiger partial charge in [-0.05, 0) is 19.0 Å². The van der Waals surface area contributed by atoms with Crippen LogP contribution < -0.4 is 5.32 Å². The molecule has 3 heteroatoms. The maximum Gasteiger partial charge on any atom is 0.0679 e. The van der Waals surface area contributed by atoms with Gasteiger partial charge in [0.1, 0.15) is 0 Å². The van der Waals surface area contributed by atoms with Crippen molar-refractivity contribution >= 4 is 0 Å². The lowest BCUT2D eigenvalue weighted by atomic mass is 10.1. The van der Waals surface area contributed by atoms with E-state index in [2.05, 4.69) is 34.5 Å². The third-order valence-electron chi connectivity index (χ3n) is 3.24. The van der Waals surface area contributed by atoms with Crippen LogP contribution in [0.5, 0.6) is 0 Å². The van der Waals surface area contributed by atoms with E-state index >= 15 is 0 Å². The molecule has 2 N–H and O–H groups in total. The van der Waals surface area contributed by atoms with Crippen molar-refractivity contribution in [2.24, 2.45) is 0 Å². The molecule has 0 bridgehead atoms. The van der Waals surface area contributed by atoms with Crippen molar-refractivity contribution in [2.45, 2.75) is 18.6 Å². The monoisotopic (exact) mass is 220 g/mol. The molecule has 1 aliphatic heterocycles. The van der Waals surface area contributed by atoms with E-state index in [1.165, 1.54) is 5.56 Å². The molecule has 0 saturated carbocycles. The topological polar surface area (TPSA) is 35.5 Å². The minimum atomic E-state index is -0.131. The Balaban J connectivity index is 1.96. The molecule has 0 radical (unpaired) electrons. The third kappa shape index (κ3) is 2.82. The fourth-order valence-corrected chi connectivity index (χ4v) is 2.28. The number of aliphatic hydroxyl groups excluding tert-OH is 1. The molecule has 0 amide bonds. The maximum absolute atomic E-state index is 9.49. The van der Waals surface area contributed by atoms with Gasteiger partial charge in [-0.3, -0.25) is 4.90 Å². The van der Waals surface area contributed by atoms with Crippen LogP contribution in [-0.4, -0.2) is 42.8 Å². The first-order chi connectivity index (χ1) is 7.79. The fraction of sp³-hybridized carbons (Fsp3) is 0.538. The summed E-state index contributed by atoms with van der Waals surface area (Å²) in [5, 5.41) is 12.8. The smallest absolute Gasteiger partial charge is 0.0679 e. The molecule has 16 heavy (non-hydrogen) atoms. The highest BCUT2D eigenvalue weighted by Gasteiger charge is 2.22. The highest BCUT2D eigenvalue weighted by Crippen LogP contribution is 2.17. The van der Waals surface area contributed by atoms with Crippen LogP contribution in [0.15, 0.2) is 30.3 Å². The van der Waals surface area contributed by atoms with E-state index in [4.69, 9.17) is 0 Å². The Morgan fingerprint density at radius 1 is 1.44 bits per heavy atom. The summed E-state index contributed by atoms with van der Waals surface area (Å²) in [6.45, 7) is 2.79. The number of nitrogens with zero attached hydrogens (tertiary/aromatic N) is 1. The Kier molecular flexibility index (Phi) is 3.93. The van der Waals surface area contributed by atoms with Crippen molar-refractivity contribution in [3.05, 3.63) is 35.9 Å². The Morgan fingerprint density at radius 3 is 2.75 bits per heavy atom. The molecule has 1 heterocycles. The van der Waals surface area contributed by atoms with Crippen LogP contribution in [-0.2, 0) is 0 Å². The number of aliphatic hydroxyl groups is 1. The summed E-state index contributed by atoms with van der Waals surface area (Å²) in [6, 6.07) is 10.8. The predicted octanol–water partition coefficient (Wildman–Crippen LogP) is 1.01. The highest BCUT2D eigenvalue weighted by molar-refractivity contribution is 5.19. The Hall–Kier alpha value is -0.900. The number of likely N-dealkylation sites (N-methyl/N-ethyl adjacent to an activating group) is 1. The number of likely N-dealkylation sites (tertiary alicyclic amines) is 1. The zero-order valence-electron chi connectivity index (χ0n) is 9.76. The molecule has 1 aliphatic rings. The summed E-state index contributed by atoms with van der Waals surface area (Å²) in [7, 11) is 1.99. The minimum absolute atomic E-state index is 0.131. The number of β-amino-alcohol motifs (C(OH)–C–C–N with tert-alkyl or cyclic N) is 1. The molecule has 0 unspecified atom stereocenters. The zero-order valence-corrected chi connectivity index (χ0v) is 9.76. The van der Waals surface area contributed by atoms with E-state index in [0.29, 0.717) is 6.04 Å². The van der Waals surface area contributed by atoms with Gasteiger partial charge in [0.05, 0.1) is 6.10 Å². The summed E-state index contributed by atoms with van der Waals surface area (Å²) < 4.78 is 0. The summed E-state index contributed by atoms with van der Waals surface area (Å²) >= 11 is 0. The van der Waals surface area contributed by atoms with Crippen molar-refractivity contribution < 1.29 is 5.11 Å². The molecule has 0 spiro atoms. The summed E-state index contributed by atoms with van der Waals surface area (Å²) in [5.41, 5.74) is 1.31. The van der Waals surface area contributed by atoms with Crippen LogP contribution in [0.2, 0.25) is 0 Å². The Labute approximate surface area is 97.1 Å². The second-order valence-corrected chi connectivity index (χ2v) is 4.45. The standard InChI is InChI=1S/C13H20N2O/c1-14-13(11-5-3-2-4-6-11)10-15-8-7-12(16)9-15/h2-6,12-14,16H,7-10H2,1H3/t12-,13+/m1/s1. The number of benzene rings is 1. The molecular weight excluding hydrogens is 200 g/mol. The van der Waals surface area contributed by atoms with Gasteiger partial charge in [-0.2, -0.15) is 0 Å². The lowest BCUT2D eigenvalue weighted by Crippen LogP contribution is -2.32. The summed E-state index contributed by atoms with van der Waals surface area (Å²) in [5.74, 6) is 0. The SMILES string of the molecule is CN[C@@H](CN1CC[C@@H](O)C1)c1ccccc1. The first-order valence-electron chi connectivity index (χ1n) is 5.92. The first kappa shape index (κ1) is 11.6. The molecular formula is C13H20N2O. The predicted molar refractivity (Wildman–Crippen MR) is 65.3 cm³/mol. The minimum Gasteiger partial charge on any atom is -0.392 e. The number of hydrogen-bond donors (Lipinski definition) is 2. The van der Waals surface area contributed by atoms with Gasteiger partial charge in [0.25, 0.3) is 0 Å². The van der Waals surface area contributed by atoms with Crippen LogP contribution >= 0.6 is 0 Å². The average molecular weight is 220 g/mol. The molecule has 88 valence electrons. The highest BCUT2D eigenvalue weighted by atomic mass is 16.3. The van der Waals surface area contributed by atoms with Crippen LogP contribution in [0.25, 0.3) is 0 Å². The molecule has 3 nitrogen and oxygen atoms in total. The van der Waals surface area contributed by atoms with E-state index in [0.717, 1.165) is 26.1 Å². The van der Waals surface area contributed by atoms with Gasteiger partial charge in [0.2, 0.25) is 0 Å². The average Bonchev–Trinajstić information content (AvgIpc) is 2.73. The van der Waals surface area contributed by atoms with E-state index in [-0.39, 0.29) is 6.10 Å². The molecule has 0 aliphatic carbocycles. The molecule has 1 aromatic carbocycles. The first-order valence-corrected chi connectivity index (χ1v) is 5.92. The van der Waals surface area contributed by atoms with E-state index < -0.39 is 0 Å². The lowest BCUT2D eigenvalue weighted by Gasteiger charge is -2.23. The Morgan fingerprint density at radius 2 is 2.19 bits per heavy atom. The van der Waals surface area contributed by atoms with E-state index in [1.807, 2.05) is 13.1 Å². The normalized spacial score (nSPS) is 23.5. The quantitative estimate of drug-likeness (QED) is 0.795. The van der Waals surface area contributed by atoms with Gasteiger partial charge in [-0.15, -0.1) is 0 Å². The molecule has 0 aromatic heterocycles. The Bertz CT molecular complexity index is 315. The van der Waals surface area contributed by atoms with Crippen molar-refractivity contribution in [1.82, 2.24) is 10.2 Å². The van der Waals surface area contributed by atoms with Gasteiger partial charge >= 0.3 is 0 Å². The number of rotatable bonds is 4. The van der Waals surface area contributed by atoms with E-state index in [9.17, 15) is 5.11 Å². The van der Waals surface area contributed by atoms with Crippen LogP contribution in [0, 0.1) is 0 Å².